The third-order valence-electron chi connectivity index (χ3n) is 4.49. The minimum Gasteiger partial charge on any atom is -0.467 e. The van der Waals surface area contributed by atoms with E-state index in [2.05, 4.69) is 10.2 Å². The van der Waals surface area contributed by atoms with Gasteiger partial charge in [0.25, 0.3) is 0 Å². The molecule has 0 aromatic heterocycles. The van der Waals surface area contributed by atoms with Crippen LogP contribution in [0.2, 0.25) is 0 Å². The second kappa shape index (κ2) is 6.16. The fourth-order valence-corrected chi connectivity index (χ4v) is 3.21. The van der Waals surface area contributed by atoms with Crippen LogP contribution in [0.25, 0.3) is 0 Å². The maximum absolute atomic E-state index is 12.7. The smallest absolute Gasteiger partial charge is 0.332 e. The molecular weight excluding hydrogens is 264 g/mol. The van der Waals surface area contributed by atoms with Crippen molar-refractivity contribution in [3.63, 3.8) is 0 Å². The summed E-state index contributed by atoms with van der Waals surface area (Å²) in [6.45, 7) is 2.83. The summed E-state index contributed by atoms with van der Waals surface area (Å²) in [7, 11) is 1.48. The number of methoxy groups -OCH3 is 1. The molecule has 1 unspecified atom stereocenters. The molecule has 1 aliphatic heterocycles. The molecule has 21 heavy (non-hydrogen) atoms. The van der Waals surface area contributed by atoms with Crippen LogP contribution in [0.5, 0.6) is 0 Å². The van der Waals surface area contributed by atoms with Gasteiger partial charge in [-0.05, 0) is 44.3 Å². The molecule has 2 aliphatic rings. The van der Waals surface area contributed by atoms with Gasteiger partial charge in [-0.1, -0.05) is 30.3 Å². The summed E-state index contributed by atoms with van der Waals surface area (Å²) < 4.78 is 5.18. The molecule has 1 aliphatic carbocycles. The van der Waals surface area contributed by atoms with Crippen molar-refractivity contribution >= 4 is 5.97 Å². The Labute approximate surface area is 126 Å². The highest BCUT2D eigenvalue weighted by Crippen LogP contribution is 2.31. The lowest BCUT2D eigenvalue weighted by Crippen LogP contribution is -2.57. The lowest BCUT2D eigenvalue weighted by atomic mass is 9.88. The molecule has 0 spiro atoms. The van der Waals surface area contributed by atoms with Crippen LogP contribution < -0.4 is 5.32 Å². The number of nitrogens with one attached hydrogen (secondary N) is 1. The average molecular weight is 288 g/mol. The van der Waals surface area contributed by atoms with Crippen molar-refractivity contribution in [2.75, 3.05) is 26.7 Å². The number of hydrogen-bond acceptors (Lipinski definition) is 4. The summed E-state index contributed by atoms with van der Waals surface area (Å²) in [5.74, 6) is -0.174. The van der Waals surface area contributed by atoms with Gasteiger partial charge in [0.05, 0.1) is 7.11 Å². The first-order valence-electron chi connectivity index (χ1n) is 7.88. The van der Waals surface area contributed by atoms with E-state index in [-0.39, 0.29) is 5.97 Å². The van der Waals surface area contributed by atoms with E-state index < -0.39 is 5.54 Å². The zero-order valence-corrected chi connectivity index (χ0v) is 12.7. The van der Waals surface area contributed by atoms with Crippen molar-refractivity contribution in [1.82, 2.24) is 10.2 Å². The third-order valence-corrected chi connectivity index (χ3v) is 4.49. The Kier molecular flexibility index (Phi) is 4.27. The van der Waals surface area contributed by atoms with Gasteiger partial charge in [-0.25, -0.2) is 4.79 Å². The van der Waals surface area contributed by atoms with Crippen LogP contribution in [0.1, 0.15) is 31.2 Å². The molecule has 4 nitrogen and oxygen atoms in total. The number of hydrogen-bond donors (Lipinski definition) is 1. The summed E-state index contributed by atoms with van der Waals surface area (Å²) in [6, 6.07) is 10.5. The summed E-state index contributed by atoms with van der Waals surface area (Å²) in [6.07, 6.45) is 4.72. The number of carbonyl (C=O) groups excluding carboxylic acids is 1. The summed E-state index contributed by atoms with van der Waals surface area (Å²) >= 11 is 0. The van der Waals surface area contributed by atoms with E-state index in [9.17, 15) is 4.79 Å². The lowest BCUT2D eigenvalue weighted by Gasteiger charge is -2.36. The van der Waals surface area contributed by atoms with Crippen LogP contribution >= 0.6 is 0 Å². The van der Waals surface area contributed by atoms with Crippen molar-refractivity contribution in [2.45, 2.75) is 37.3 Å². The number of esters is 1. The topological polar surface area (TPSA) is 41.6 Å². The molecule has 0 bridgehead atoms. The second-order valence-corrected chi connectivity index (χ2v) is 6.16. The Morgan fingerprint density at radius 3 is 2.52 bits per heavy atom. The molecule has 1 aromatic carbocycles. The van der Waals surface area contributed by atoms with Gasteiger partial charge in [-0.2, -0.15) is 0 Å². The minimum absolute atomic E-state index is 0.174. The maximum atomic E-state index is 12.7. The highest BCUT2D eigenvalue weighted by atomic mass is 16.5. The SMILES string of the molecule is COC(=O)C(CN1CCCC1)(NC1CC1)c1ccccc1. The van der Waals surface area contributed by atoms with Crippen LogP contribution in [-0.2, 0) is 15.1 Å². The van der Waals surface area contributed by atoms with E-state index in [0.717, 1.165) is 31.5 Å². The van der Waals surface area contributed by atoms with Crippen LogP contribution in [0.4, 0.5) is 0 Å². The molecule has 1 saturated carbocycles. The van der Waals surface area contributed by atoms with Crippen molar-refractivity contribution in [1.29, 1.82) is 0 Å². The Balaban J connectivity index is 1.94. The molecule has 1 aromatic rings. The molecule has 4 heteroatoms. The molecule has 0 radical (unpaired) electrons. The Hall–Kier alpha value is -1.39. The summed E-state index contributed by atoms with van der Waals surface area (Å²) in [5.41, 5.74) is 0.275. The highest BCUT2D eigenvalue weighted by Gasteiger charge is 2.46. The van der Waals surface area contributed by atoms with Crippen LogP contribution in [-0.4, -0.2) is 43.7 Å². The van der Waals surface area contributed by atoms with Gasteiger partial charge in [0.15, 0.2) is 5.54 Å². The second-order valence-electron chi connectivity index (χ2n) is 6.16. The van der Waals surface area contributed by atoms with E-state index in [0.29, 0.717) is 12.6 Å². The molecule has 3 rings (SSSR count). The molecule has 1 heterocycles. The number of nitrogens with zero attached hydrogens (tertiary/aromatic N) is 1. The molecule has 1 atom stereocenters. The zero-order chi connectivity index (χ0) is 14.7. The van der Waals surface area contributed by atoms with E-state index in [1.54, 1.807) is 0 Å². The third kappa shape index (κ3) is 3.11. The first-order chi connectivity index (χ1) is 10.2. The van der Waals surface area contributed by atoms with Crippen molar-refractivity contribution in [3.05, 3.63) is 35.9 Å². The average Bonchev–Trinajstić information content (AvgIpc) is 3.19. The summed E-state index contributed by atoms with van der Waals surface area (Å²) in [4.78, 5) is 15.0. The van der Waals surface area contributed by atoms with Gasteiger partial charge in [-0.15, -0.1) is 0 Å². The maximum Gasteiger partial charge on any atom is 0.332 e. The van der Waals surface area contributed by atoms with Gasteiger partial charge in [0.2, 0.25) is 0 Å². The number of benzene rings is 1. The fraction of sp³-hybridized carbons (Fsp3) is 0.588. The first-order valence-corrected chi connectivity index (χ1v) is 7.88. The predicted molar refractivity (Wildman–Crippen MR) is 82.0 cm³/mol. The zero-order valence-electron chi connectivity index (χ0n) is 12.7. The van der Waals surface area contributed by atoms with Gasteiger partial charge in [0, 0.05) is 12.6 Å². The molecular formula is C17H24N2O2. The largest absolute Gasteiger partial charge is 0.467 e. The normalized spacial score (nSPS) is 22.0. The van der Waals surface area contributed by atoms with E-state index in [1.807, 2.05) is 30.3 Å². The molecule has 1 saturated heterocycles. The lowest BCUT2D eigenvalue weighted by molar-refractivity contribution is -0.150. The van der Waals surface area contributed by atoms with Gasteiger partial charge < -0.3 is 9.64 Å². The van der Waals surface area contributed by atoms with Gasteiger partial charge >= 0.3 is 5.97 Å². The van der Waals surface area contributed by atoms with Crippen molar-refractivity contribution in [3.8, 4) is 0 Å². The fourth-order valence-electron chi connectivity index (χ4n) is 3.21. The van der Waals surface area contributed by atoms with Crippen LogP contribution in [0.15, 0.2) is 30.3 Å². The molecule has 2 fully saturated rings. The van der Waals surface area contributed by atoms with E-state index in [1.165, 1.54) is 20.0 Å². The number of likely N-dealkylation sites (tertiary alicyclic amines) is 1. The Bertz CT molecular complexity index is 481. The van der Waals surface area contributed by atoms with E-state index >= 15 is 0 Å². The monoisotopic (exact) mass is 288 g/mol. The Morgan fingerprint density at radius 1 is 1.29 bits per heavy atom. The number of ether oxygens (including phenoxy) is 1. The van der Waals surface area contributed by atoms with Crippen molar-refractivity contribution < 1.29 is 9.53 Å². The number of carbonyl (C=O) groups is 1. The van der Waals surface area contributed by atoms with E-state index in [4.69, 9.17) is 4.74 Å². The Morgan fingerprint density at radius 2 is 1.95 bits per heavy atom. The standard InChI is InChI=1S/C17H24N2O2/c1-21-16(20)17(18-15-9-10-15,13-19-11-5-6-12-19)14-7-3-2-4-8-14/h2-4,7-8,15,18H,5-6,9-13H2,1H3. The summed E-state index contributed by atoms with van der Waals surface area (Å²) in [5, 5.41) is 3.58. The van der Waals surface area contributed by atoms with Crippen LogP contribution in [0, 0.1) is 0 Å². The molecule has 0 amide bonds. The van der Waals surface area contributed by atoms with Crippen molar-refractivity contribution in [2.24, 2.45) is 0 Å². The van der Waals surface area contributed by atoms with Crippen LogP contribution in [0.3, 0.4) is 0 Å². The first kappa shape index (κ1) is 14.5. The van der Waals surface area contributed by atoms with Gasteiger partial charge in [-0.3, -0.25) is 5.32 Å². The number of rotatable bonds is 6. The highest BCUT2D eigenvalue weighted by molar-refractivity contribution is 5.83. The quantitative estimate of drug-likeness (QED) is 0.812. The predicted octanol–water partition coefficient (Wildman–Crippen LogP) is 1.90. The molecule has 114 valence electrons. The molecule has 1 N–H and O–H groups in total. The minimum atomic E-state index is -0.735. The van der Waals surface area contributed by atoms with Gasteiger partial charge in [0.1, 0.15) is 0 Å².